The van der Waals surface area contributed by atoms with Gasteiger partial charge in [0.15, 0.2) is 11.2 Å². The van der Waals surface area contributed by atoms with E-state index in [1.807, 2.05) is 17.0 Å². The van der Waals surface area contributed by atoms with Gasteiger partial charge in [-0.15, -0.1) is 0 Å². The number of anilines is 2. The number of piperazine rings is 1. The first-order chi connectivity index (χ1) is 15.9. The predicted octanol–water partition coefficient (Wildman–Crippen LogP) is 2.73. The lowest BCUT2D eigenvalue weighted by Crippen LogP contribution is -2.48. The molecule has 0 spiro atoms. The first kappa shape index (κ1) is 22.2. The Morgan fingerprint density at radius 3 is 2.27 bits per heavy atom. The SMILES string of the molecule is COc1cc(OC)c2c(=O)cc(C(=O)Nc3ccc(N4CCN(C(C)=O)CC4)cc3)oc2c1. The summed E-state index contributed by atoms with van der Waals surface area (Å²) in [5.74, 6) is 0.181. The molecule has 0 saturated carbocycles. The molecule has 0 bridgehead atoms. The van der Waals surface area contributed by atoms with Crippen LogP contribution in [0.3, 0.4) is 0 Å². The normalized spacial score (nSPS) is 13.7. The highest BCUT2D eigenvalue weighted by molar-refractivity contribution is 6.03. The molecule has 3 aromatic rings. The zero-order valence-electron chi connectivity index (χ0n) is 18.7. The molecule has 1 aromatic heterocycles. The van der Waals surface area contributed by atoms with E-state index in [0.717, 1.165) is 24.8 Å². The Balaban J connectivity index is 1.50. The van der Waals surface area contributed by atoms with Crippen molar-refractivity contribution in [1.29, 1.82) is 0 Å². The summed E-state index contributed by atoms with van der Waals surface area (Å²) in [4.78, 5) is 40.9. The van der Waals surface area contributed by atoms with E-state index in [1.54, 1.807) is 25.1 Å². The minimum atomic E-state index is -0.543. The molecule has 1 aliphatic rings. The second kappa shape index (κ2) is 9.23. The van der Waals surface area contributed by atoms with E-state index < -0.39 is 5.91 Å². The molecule has 1 aliphatic heterocycles. The monoisotopic (exact) mass is 451 g/mol. The molecule has 33 heavy (non-hydrogen) atoms. The van der Waals surface area contributed by atoms with Gasteiger partial charge in [-0.1, -0.05) is 0 Å². The second-order valence-electron chi connectivity index (χ2n) is 7.67. The maximum absolute atomic E-state index is 12.8. The van der Waals surface area contributed by atoms with Crippen LogP contribution in [0.25, 0.3) is 11.0 Å². The Morgan fingerprint density at radius 2 is 1.67 bits per heavy atom. The van der Waals surface area contributed by atoms with Crippen LogP contribution in [0, 0.1) is 0 Å². The number of nitrogens with zero attached hydrogens (tertiary/aromatic N) is 2. The van der Waals surface area contributed by atoms with Crippen LogP contribution in [0.5, 0.6) is 11.5 Å². The molecule has 0 aliphatic carbocycles. The lowest BCUT2D eigenvalue weighted by Gasteiger charge is -2.35. The van der Waals surface area contributed by atoms with Crippen molar-refractivity contribution in [2.75, 3.05) is 50.6 Å². The molecule has 1 N–H and O–H groups in total. The lowest BCUT2D eigenvalue weighted by molar-refractivity contribution is -0.129. The summed E-state index contributed by atoms with van der Waals surface area (Å²) >= 11 is 0. The van der Waals surface area contributed by atoms with Gasteiger partial charge in [-0.3, -0.25) is 14.4 Å². The van der Waals surface area contributed by atoms with Crippen molar-refractivity contribution in [3.63, 3.8) is 0 Å². The van der Waals surface area contributed by atoms with E-state index in [1.165, 1.54) is 20.3 Å². The number of ether oxygens (including phenoxy) is 2. The van der Waals surface area contributed by atoms with Crippen LogP contribution in [-0.4, -0.2) is 57.1 Å². The van der Waals surface area contributed by atoms with E-state index >= 15 is 0 Å². The standard InChI is InChI=1S/C24H25N3O6/c1-15(28)26-8-10-27(11-9-26)17-6-4-16(5-7-17)25-24(30)22-14-19(29)23-20(32-3)12-18(31-2)13-21(23)33-22/h4-7,12-14H,8-11H2,1-3H3,(H,25,30). The van der Waals surface area contributed by atoms with Crippen LogP contribution in [0.4, 0.5) is 11.4 Å². The maximum atomic E-state index is 12.8. The topological polar surface area (TPSA) is 101 Å². The van der Waals surface area contributed by atoms with Gasteiger partial charge < -0.3 is 29.0 Å². The van der Waals surface area contributed by atoms with Crippen molar-refractivity contribution in [2.45, 2.75) is 6.92 Å². The molecule has 2 amide bonds. The van der Waals surface area contributed by atoms with E-state index in [9.17, 15) is 14.4 Å². The number of amides is 2. The van der Waals surface area contributed by atoms with Crippen molar-refractivity contribution in [3.8, 4) is 11.5 Å². The van der Waals surface area contributed by atoms with Gasteiger partial charge in [0.25, 0.3) is 5.91 Å². The molecular weight excluding hydrogens is 426 g/mol. The third kappa shape index (κ3) is 4.62. The Kier molecular flexibility index (Phi) is 6.21. The van der Waals surface area contributed by atoms with Gasteiger partial charge in [-0.2, -0.15) is 0 Å². The van der Waals surface area contributed by atoms with Crippen LogP contribution in [0.15, 0.2) is 51.7 Å². The lowest BCUT2D eigenvalue weighted by atomic mass is 10.2. The minimum Gasteiger partial charge on any atom is -0.496 e. The van der Waals surface area contributed by atoms with E-state index in [2.05, 4.69) is 10.2 Å². The van der Waals surface area contributed by atoms with E-state index in [0.29, 0.717) is 30.3 Å². The fraction of sp³-hybridized carbons (Fsp3) is 0.292. The minimum absolute atomic E-state index is 0.0879. The summed E-state index contributed by atoms with van der Waals surface area (Å²) in [7, 11) is 2.93. The number of benzene rings is 2. The van der Waals surface area contributed by atoms with Crippen molar-refractivity contribution >= 4 is 34.2 Å². The largest absolute Gasteiger partial charge is 0.496 e. The van der Waals surface area contributed by atoms with Gasteiger partial charge in [0, 0.05) is 62.7 Å². The number of fused-ring (bicyclic) bond motifs is 1. The highest BCUT2D eigenvalue weighted by Gasteiger charge is 2.19. The molecule has 0 atom stereocenters. The van der Waals surface area contributed by atoms with Crippen LogP contribution >= 0.6 is 0 Å². The molecule has 9 nitrogen and oxygen atoms in total. The number of hydrogen-bond donors (Lipinski definition) is 1. The van der Waals surface area contributed by atoms with Gasteiger partial charge in [0.2, 0.25) is 5.91 Å². The van der Waals surface area contributed by atoms with Crippen LogP contribution in [0.2, 0.25) is 0 Å². The number of carbonyl (C=O) groups is 2. The van der Waals surface area contributed by atoms with Crippen molar-refractivity contribution in [1.82, 2.24) is 4.90 Å². The van der Waals surface area contributed by atoms with Crippen molar-refractivity contribution in [2.24, 2.45) is 0 Å². The summed E-state index contributed by atoms with van der Waals surface area (Å²) in [5.41, 5.74) is 1.38. The zero-order chi connectivity index (χ0) is 23.5. The third-order valence-corrected chi connectivity index (χ3v) is 5.66. The van der Waals surface area contributed by atoms with Gasteiger partial charge >= 0.3 is 0 Å². The summed E-state index contributed by atoms with van der Waals surface area (Å²) in [6.45, 7) is 4.45. The number of rotatable bonds is 5. The smallest absolute Gasteiger partial charge is 0.291 e. The molecule has 1 saturated heterocycles. The highest BCUT2D eigenvalue weighted by atomic mass is 16.5. The average Bonchev–Trinajstić information content (AvgIpc) is 2.83. The van der Waals surface area contributed by atoms with Gasteiger partial charge in [-0.05, 0) is 24.3 Å². The number of nitrogens with one attached hydrogen (secondary N) is 1. The van der Waals surface area contributed by atoms with Gasteiger partial charge in [0.05, 0.1) is 14.2 Å². The summed E-state index contributed by atoms with van der Waals surface area (Å²) in [5, 5.41) is 2.99. The average molecular weight is 451 g/mol. The number of carbonyl (C=O) groups excluding carboxylic acids is 2. The zero-order valence-corrected chi connectivity index (χ0v) is 18.7. The summed E-state index contributed by atoms with van der Waals surface area (Å²) < 4.78 is 16.2. The maximum Gasteiger partial charge on any atom is 0.291 e. The molecule has 9 heteroatoms. The van der Waals surface area contributed by atoms with E-state index in [-0.39, 0.29) is 28.1 Å². The quantitative estimate of drug-likeness (QED) is 0.636. The van der Waals surface area contributed by atoms with Crippen LogP contribution in [-0.2, 0) is 4.79 Å². The molecule has 1 fully saturated rings. The molecule has 2 heterocycles. The Labute approximate surface area is 190 Å². The summed E-state index contributed by atoms with van der Waals surface area (Å²) in [6, 6.07) is 11.7. The first-order valence-corrected chi connectivity index (χ1v) is 10.5. The Bertz CT molecular complexity index is 1240. The first-order valence-electron chi connectivity index (χ1n) is 10.5. The molecule has 0 radical (unpaired) electrons. The van der Waals surface area contributed by atoms with Crippen LogP contribution < -0.4 is 25.1 Å². The predicted molar refractivity (Wildman–Crippen MR) is 124 cm³/mol. The Hall–Kier alpha value is -4.01. The second-order valence-corrected chi connectivity index (χ2v) is 7.67. The van der Waals surface area contributed by atoms with Gasteiger partial charge in [0.1, 0.15) is 22.5 Å². The fourth-order valence-corrected chi connectivity index (χ4v) is 3.85. The van der Waals surface area contributed by atoms with Crippen molar-refractivity contribution < 1.29 is 23.5 Å². The molecule has 172 valence electrons. The molecule has 0 unspecified atom stereocenters. The van der Waals surface area contributed by atoms with Gasteiger partial charge in [-0.25, -0.2) is 0 Å². The Morgan fingerprint density at radius 1 is 0.970 bits per heavy atom. The molecule has 4 rings (SSSR count). The number of hydrogen-bond acceptors (Lipinski definition) is 7. The van der Waals surface area contributed by atoms with Crippen LogP contribution in [0.1, 0.15) is 17.5 Å². The number of methoxy groups -OCH3 is 2. The molecule has 2 aromatic carbocycles. The van der Waals surface area contributed by atoms with E-state index in [4.69, 9.17) is 13.9 Å². The summed E-state index contributed by atoms with van der Waals surface area (Å²) in [6.07, 6.45) is 0. The fourth-order valence-electron chi connectivity index (χ4n) is 3.85. The highest BCUT2D eigenvalue weighted by Crippen LogP contribution is 2.29. The molecular formula is C24H25N3O6. The van der Waals surface area contributed by atoms with Crippen molar-refractivity contribution in [3.05, 3.63) is 58.4 Å². The third-order valence-electron chi connectivity index (χ3n) is 5.66.